The fourth-order valence-corrected chi connectivity index (χ4v) is 1.29. The van der Waals surface area contributed by atoms with Crippen molar-refractivity contribution >= 4 is 5.97 Å². The summed E-state index contributed by atoms with van der Waals surface area (Å²) in [5, 5.41) is 0. The number of carbonyl (C=O) groups is 1. The maximum atomic E-state index is 11.1. The van der Waals surface area contributed by atoms with E-state index in [0.717, 1.165) is 19.5 Å². The van der Waals surface area contributed by atoms with Gasteiger partial charge in [0.05, 0.1) is 12.5 Å². The Kier molecular flexibility index (Phi) is 2.88. The molecular formula is C8H14NO2-. The van der Waals surface area contributed by atoms with Crippen LogP contribution >= 0.6 is 0 Å². The molecule has 0 radical (unpaired) electrons. The number of ether oxygens (including phenoxy) is 1. The predicted octanol–water partition coefficient (Wildman–Crippen LogP) is 0.663. The Hall–Kier alpha value is -0.570. The molecular weight excluding hydrogens is 142 g/mol. The molecule has 0 aromatic rings. The van der Waals surface area contributed by atoms with Crippen molar-refractivity contribution in [3.8, 4) is 0 Å². The molecule has 64 valence electrons. The van der Waals surface area contributed by atoms with Crippen LogP contribution in [0.3, 0.4) is 0 Å². The summed E-state index contributed by atoms with van der Waals surface area (Å²) in [5.74, 6) is -0.00824. The van der Waals surface area contributed by atoms with Gasteiger partial charge in [0.1, 0.15) is 0 Å². The average Bonchev–Trinajstić information content (AvgIpc) is 2.36. The first-order valence-corrected chi connectivity index (χ1v) is 3.96. The van der Waals surface area contributed by atoms with Crippen molar-refractivity contribution in [3.05, 3.63) is 7.05 Å². The number of hydrogen-bond donors (Lipinski definition) is 0. The van der Waals surface area contributed by atoms with Crippen LogP contribution in [0.2, 0.25) is 0 Å². The summed E-state index contributed by atoms with van der Waals surface area (Å²) >= 11 is 0. The van der Waals surface area contributed by atoms with Gasteiger partial charge >= 0.3 is 5.97 Å². The van der Waals surface area contributed by atoms with E-state index in [1.807, 2.05) is 11.8 Å². The van der Waals surface area contributed by atoms with Crippen molar-refractivity contribution in [2.75, 3.05) is 19.7 Å². The standard InChI is InChI=1S/C8H14NO2/c1-3-11-8(10)7-4-5-9(2)6-7/h7H,2-6H2,1H3/q-1/t7-/m1/s1. The van der Waals surface area contributed by atoms with Crippen LogP contribution in [0.5, 0.6) is 0 Å². The highest BCUT2D eigenvalue weighted by Crippen LogP contribution is 2.15. The lowest BCUT2D eigenvalue weighted by atomic mass is 10.1. The molecule has 1 fully saturated rings. The Morgan fingerprint density at radius 2 is 2.55 bits per heavy atom. The minimum atomic E-state index is -0.0707. The van der Waals surface area contributed by atoms with E-state index in [1.54, 1.807) is 0 Å². The minimum Gasteiger partial charge on any atom is -0.466 e. The molecule has 3 heteroatoms. The van der Waals surface area contributed by atoms with Gasteiger partial charge in [-0.25, -0.2) is 0 Å². The van der Waals surface area contributed by atoms with Crippen LogP contribution in [-0.4, -0.2) is 30.6 Å². The number of likely N-dealkylation sites (tertiary alicyclic amines) is 1. The highest BCUT2D eigenvalue weighted by Gasteiger charge is 2.24. The van der Waals surface area contributed by atoms with Crippen molar-refractivity contribution < 1.29 is 9.53 Å². The largest absolute Gasteiger partial charge is 0.466 e. The van der Waals surface area contributed by atoms with Crippen molar-refractivity contribution in [1.29, 1.82) is 0 Å². The Bertz CT molecular complexity index is 147. The molecule has 0 unspecified atom stereocenters. The molecule has 0 N–H and O–H groups in total. The first-order valence-electron chi connectivity index (χ1n) is 3.96. The zero-order valence-electron chi connectivity index (χ0n) is 6.88. The van der Waals surface area contributed by atoms with Gasteiger partial charge in [-0.3, -0.25) is 11.8 Å². The molecule has 1 atom stereocenters. The summed E-state index contributed by atoms with van der Waals surface area (Å²) < 4.78 is 4.88. The smallest absolute Gasteiger partial charge is 0.310 e. The van der Waals surface area contributed by atoms with E-state index in [0.29, 0.717) is 6.61 Å². The molecule has 1 saturated heterocycles. The van der Waals surface area contributed by atoms with Crippen LogP contribution in [-0.2, 0) is 9.53 Å². The normalized spacial score (nSPS) is 25.5. The van der Waals surface area contributed by atoms with Crippen molar-refractivity contribution in [3.63, 3.8) is 0 Å². The van der Waals surface area contributed by atoms with Crippen molar-refractivity contribution in [1.82, 2.24) is 4.90 Å². The van der Waals surface area contributed by atoms with Gasteiger partial charge in [0.15, 0.2) is 0 Å². The van der Waals surface area contributed by atoms with Gasteiger partial charge < -0.3 is 9.64 Å². The highest BCUT2D eigenvalue weighted by molar-refractivity contribution is 5.73. The van der Waals surface area contributed by atoms with E-state index in [4.69, 9.17) is 4.74 Å². The van der Waals surface area contributed by atoms with E-state index in [2.05, 4.69) is 7.05 Å². The third-order valence-electron chi connectivity index (χ3n) is 1.89. The third-order valence-corrected chi connectivity index (χ3v) is 1.89. The fraction of sp³-hybridized carbons (Fsp3) is 0.750. The zero-order chi connectivity index (χ0) is 8.27. The lowest BCUT2D eigenvalue weighted by Crippen LogP contribution is -2.20. The third kappa shape index (κ3) is 2.19. The molecule has 3 nitrogen and oxygen atoms in total. The first-order chi connectivity index (χ1) is 5.24. The van der Waals surface area contributed by atoms with Crippen LogP contribution in [0.25, 0.3) is 0 Å². The molecule has 0 bridgehead atoms. The van der Waals surface area contributed by atoms with Crippen LogP contribution in [0.4, 0.5) is 0 Å². The van der Waals surface area contributed by atoms with Crippen LogP contribution in [0.15, 0.2) is 0 Å². The summed E-state index contributed by atoms with van der Waals surface area (Å²) in [6, 6.07) is 0. The number of carbonyl (C=O) groups excluding carboxylic acids is 1. The first kappa shape index (κ1) is 8.53. The number of esters is 1. The lowest BCUT2D eigenvalue weighted by Gasteiger charge is -2.15. The Labute approximate surface area is 67.3 Å². The predicted molar refractivity (Wildman–Crippen MR) is 41.7 cm³/mol. The Balaban J connectivity index is 2.31. The summed E-state index contributed by atoms with van der Waals surface area (Å²) in [4.78, 5) is 13.0. The molecule has 0 spiro atoms. The molecule has 0 aromatic carbocycles. The van der Waals surface area contributed by atoms with Gasteiger partial charge in [0.25, 0.3) is 0 Å². The van der Waals surface area contributed by atoms with Gasteiger partial charge in [-0.15, -0.1) is 0 Å². The molecule has 11 heavy (non-hydrogen) atoms. The average molecular weight is 156 g/mol. The second kappa shape index (κ2) is 3.72. The highest BCUT2D eigenvalue weighted by atomic mass is 16.5. The van der Waals surface area contributed by atoms with Gasteiger partial charge in [0.2, 0.25) is 0 Å². The Morgan fingerprint density at radius 3 is 3.00 bits per heavy atom. The maximum Gasteiger partial charge on any atom is 0.310 e. The molecule has 1 heterocycles. The van der Waals surface area contributed by atoms with Gasteiger partial charge in [0, 0.05) is 0 Å². The quantitative estimate of drug-likeness (QED) is 0.434. The number of rotatable bonds is 2. The number of nitrogens with zero attached hydrogens (tertiary/aromatic N) is 1. The van der Waals surface area contributed by atoms with E-state index in [1.165, 1.54) is 0 Å². The number of hydrogen-bond acceptors (Lipinski definition) is 3. The van der Waals surface area contributed by atoms with Crippen LogP contribution in [0.1, 0.15) is 13.3 Å². The Morgan fingerprint density at radius 1 is 1.82 bits per heavy atom. The van der Waals surface area contributed by atoms with Crippen molar-refractivity contribution in [2.24, 2.45) is 5.92 Å². The van der Waals surface area contributed by atoms with Crippen LogP contribution in [0, 0.1) is 13.0 Å². The van der Waals surface area contributed by atoms with Gasteiger partial charge in [-0.2, -0.15) is 0 Å². The van der Waals surface area contributed by atoms with E-state index in [9.17, 15) is 4.79 Å². The zero-order valence-corrected chi connectivity index (χ0v) is 6.88. The van der Waals surface area contributed by atoms with E-state index in [-0.39, 0.29) is 11.9 Å². The summed E-state index contributed by atoms with van der Waals surface area (Å²) in [6.07, 6.45) is 0.891. The van der Waals surface area contributed by atoms with E-state index < -0.39 is 0 Å². The summed E-state index contributed by atoms with van der Waals surface area (Å²) in [5.41, 5.74) is 0. The summed E-state index contributed by atoms with van der Waals surface area (Å²) in [7, 11) is 3.76. The maximum absolute atomic E-state index is 11.1. The van der Waals surface area contributed by atoms with E-state index >= 15 is 0 Å². The van der Waals surface area contributed by atoms with Crippen molar-refractivity contribution in [2.45, 2.75) is 13.3 Å². The molecule has 1 aliphatic rings. The van der Waals surface area contributed by atoms with Gasteiger partial charge in [-0.1, -0.05) is 0 Å². The molecule has 0 aromatic heterocycles. The molecule has 1 rings (SSSR count). The molecule has 1 aliphatic heterocycles. The molecule has 0 saturated carbocycles. The van der Waals surface area contributed by atoms with Crippen LogP contribution < -0.4 is 0 Å². The second-order valence-electron chi connectivity index (χ2n) is 2.81. The molecule has 0 aliphatic carbocycles. The SMILES string of the molecule is [CH2-]N1CC[C@@H](C(=O)OCC)C1. The fourth-order valence-electron chi connectivity index (χ4n) is 1.29. The minimum absolute atomic E-state index is 0.0625. The lowest BCUT2D eigenvalue weighted by molar-refractivity contribution is -0.147. The van der Waals surface area contributed by atoms with Gasteiger partial charge in [-0.05, 0) is 26.4 Å². The molecule has 0 amide bonds. The summed E-state index contributed by atoms with van der Waals surface area (Å²) in [6.45, 7) is 3.96. The monoisotopic (exact) mass is 156 g/mol. The topological polar surface area (TPSA) is 29.5 Å². The second-order valence-corrected chi connectivity index (χ2v) is 2.81.